The Labute approximate surface area is 178 Å². The maximum absolute atomic E-state index is 12.2. The first-order chi connectivity index (χ1) is 14.2. The molecule has 29 heavy (non-hydrogen) atoms. The SMILES string of the molecule is CCCC/C=C/CCCCCCCCCCCOC(=O)C1CCCCC1C(=O)O. The van der Waals surface area contributed by atoms with E-state index in [9.17, 15) is 14.7 Å². The second-order valence-corrected chi connectivity index (χ2v) is 8.59. The summed E-state index contributed by atoms with van der Waals surface area (Å²) in [4.78, 5) is 23.5. The molecule has 0 saturated heterocycles. The molecular weight excluding hydrogens is 364 g/mol. The van der Waals surface area contributed by atoms with Crippen molar-refractivity contribution in [1.82, 2.24) is 0 Å². The molecule has 0 aromatic rings. The Morgan fingerprint density at radius 2 is 1.31 bits per heavy atom. The summed E-state index contributed by atoms with van der Waals surface area (Å²) in [5.74, 6) is -2.13. The van der Waals surface area contributed by atoms with Gasteiger partial charge in [-0.05, 0) is 38.5 Å². The van der Waals surface area contributed by atoms with Crippen LogP contribution in [0.3, 0.4) is 0 Å². The van der Waals surface area contributed by atoms with E-state index >= 15 is 0 Å². The van der Waals surface area contributed by atoms with Gasteiger partial charge in [-0.3, -0.25) is 9.59 Å². The highest BCUT2D eigenvalue weighted by Gasteiger charge is 2.36. The van der Waals surface area contributed by atoms with Crippen LogP contribution in [0.15, 0.2) is 12.2 Å². The number of carbonyl (C=O) groups is 2. The number of hydrogen-bond donors (Lipinski definition) is 1. The average molecular weight is 409 g/mol. The monoisotopic (exact) mass is 408 g/mol. The average Bonchev–Trinajstić information content (AvgIpc) is 2.73. The predicted molar refractivity (Wildman–Crippen MR) is 119 cm³/mol. The van der Waals surface area contributed by atoms with E-state index in [1.54, 1.807) is 0 Å². The minimum Gasteiger partial charge on any atom is -0.481 e. The number of aliphatic carboxylic acids is 1. The maximum atomic E-state index is 12.2. The van der Waals surface area contributed by atoms with Gasteiger partial charge in [0.15, 0.2) is 0 Å². The molecule has 0 spiro atoms. The molecule has 0 amide bonds. The van der Waals surface area contributed by atoms with Gasteiger partial charge in [-0.1, -0.05) is 89.7 Å². The lowest BCUT2D eigenvalue weighted by Crippen LogP contribution is -2.33. The first-order valence-electron chi connectivity index (χ1n) is 12.2. The number of carboxylic acids is 1. The summed E-state index contributed by atoms with van der Waals surface area (Å²) in [5.41, 5.74) is 0. The molecule has 0 bridgehead atoms. The topological polar surface area (TPSA) is 63.6 Å². The third kappa shape index (κ3) is 12.8. The Bertz CT molecular complexity index is 458. The normalized spacial score (nSPS) is 19.5. The number of esters is 1. The maximum Gasteiger partial charge on any atom is 0.309 e. The van der Waals surface area contributed by atoms with Crippen LogP contribution >= 0.6 is 0 Å². The van der Waals surface area contributed by atoms with Crippen LogP contribution in [-0.4, -0.2) is 23.7 Å². The zero-order chi connectivity index (χ0) is 21.2. The van der Waals surface area contributed by atoms with Gasteiger partial charge in [0.05, 0.1) is 18.4 Å². The molecule has 1 N–H and O–H groups in total. The van der Waals surface area contributed by atoms with Gasteiger partial charge in [0.25, 0.3) is 0 Å². The van der Waals surface area contributed by atoms with Gasteiger partial charge in [0.1, 0.15) is 0 Å². The van der Waals surface area contributed by atoms with Crippen LogP contribution in [0, 0.1) is 11.8 Å². The molecule has 1 aliphatic carbocycles. The Morgan fingerprint density at radius 3 is 1.90 bits per heavy atom. The van der Waals surface area contributed by atoms with Crippen molar-refractivity contribution in [3.8, 4) is 0 Å². The van der Waals surface area contributed by atoms with E-state index in [-0.39, 0.29) is 5.97 Å². The van der Waals surface area contributed by atoms with Crippen molar-refractivity contribution in [2.75, 3.05) is 6.61 Å². The van der Waals surface area contributed by atoms with Crippen molar-refractivity contribution in [2.24, 2.45) is 11.8 Å². The summed E-state index contributed by atoms with van der Waals surface area (Å²) >= 11 is 0. The smallest absolute Gasteiger partial charge is 0.309 e. The first-order valence-corrected chi connectivity index (χ1v) is 12.2. The van der Waals surface area contributed by atoms with E-state index in [0.717, 1.165) is 25.7 Å². The second kappa shape index (κ2) is 17.5. The van der Waals surface area contributed by atoms with Crippen LogP contribution in [0.2, 0.25) is 0 Å². The molecule has 168 valence electrons. The molecule has 4 nitrogen and oxygen atoms in total. The molecule has 0 aromatic carbocycles. The summed E-state index contributed by atoms with van der Waals surface area (Å²) < 4.78 is 5.37. The number of carboxylic acid groups (broad SMARTS) is 1. The van der Waals surface area contributed by atoms with Crippen LogP contribution in [0.25, 0.3) is 0 Å². The molecule has 1 fully saturated rings. The number of hydrogen-bond acceptors (Lipinski definition) is 3. The molecule has 1 rings (SSSR count). The van der Waals surface area contributed by atoms with Gasteiger partial charge in [-0.15, -0.1) is 0 Å². The zero-order valence-electron chi connectivity index (χ0n) is 18.7. The predicted octanol–water partition coefficient (Wildman–Crippen LogP) is 7.07. The lowest BCUT2D eigenvalue weighted by molar-refractivity contribution is -0.159. The van der Waals surface area contributed by atoms with E-state index in [2.05, 4.69) is 19.1 Å². The molecule has 0 aliphatic heterocycles. The highest BCUT2D eigenvalue weighted by molar-refractivity contribution is 5.81. The van der Waals surface area contributed by atoms with Crippen LogP contribution in [-0.2, 0) is 14.3 Å². The molecule has 1 saturated carbocycles. The quantitative estimate of drug-likeness (QED) is 0.159. The van der Waals surface area contributed by atoms with Crippen LogP contribution < -0.4 is 0 Å². The molecule has 0 radical (unpaired) electrons. The standard InChI is InChI=1S/C25H44O4/c1-2-3-4-5-6-7-8-9-10-11-12-13-14-15-18-21-29-25(28)23-20-17-16-19-22(23)24(26)27/h5-6,22-23H,2-4,7-21H2,1H3,(H,26,27)/b6-5+. The minimum atomic E-state index is -0.852. The number of unbranched alkanes of at least 4 members (excludes halogenated alkanes) is 11. The van der Waals surface area contributed by atoms with Crippen LogP contribution in [0.1, 0.15) is 116 Å². The molecule has 4 heteroatoms. The fourth-order valence-electron chi connectivity index (χ4n) is 4.15. The van der Waals surface area contributed by atoms with Gasteiger partial charge in [0, 0.05) is 0 Å². The summed E-state index contributed by atoms with van der Waals surface area (Å²) in [6, 6.07) is 0. The van der Waals surface area contributed by atoms with Crippen molar-refractivity contribution in [3.63, 3.8) is 0 Å². The molecule has 0 aromatic heterocycles. The third-order valence-corrected chi connectivity index (χ3v) is 6.04. The van der Waals surface area contributed by atoms with E-state index in [1.165, 1.54) is 70.6 Å². The summed E-state index contributed by atoms with van der Waals surface area (Å²) in [6.07, 6.45) is 23.9. The van der Waals surface area contributed by atoms with Crippen molar-refractivity contribution < 1.29 is 19.4 Å². The third-order valence-electron chi connectivity index (χ3n) is 6.04. The number of ether oxygens (including phenoxy) is 1. The molecule has 0 heterocycles. The zero-order valence-corrected chi connectivity index (χ0v) is 18.7. The Kier molecular flexibility index (Phi) is 15.5. The largest absolute Gasteiger partial charge is 0.481 e. The first kappa shape index (κ1) is 25.7. The number of carbonyl (C=O) groups excluding carboxylic acids is 1. The van der Waals surface area contributed by atoms with Crippen molar-refractivity contribution in [1.29, 1.82) is 0 Å². The highest BCUT2D eigenvalue weighted by Crippen LogP contribution is 2.31. The van der Waals surface area contributed by atoms with Gasteiger partial charge < -0.3 is 9.84 Å². The van der Waals surface area contributed by atoms with E-state index in [0.29, 0.717) is 19.4 Å². The summed E-state index contributed by atoms with van der Waals surface area (Å²) in [5, 5.41) is 9.26. The Morgan fingerprint density at radius 1 is 0.793 bits per heavy atom. The van der Waals surface area contributed by atoms with Gasteiger partial charge in [-0.25, -0.2) is 0 Å². The van der Waals surface area contributed by atoms with Gasteiger partial charge >= 0.3 is 11.9 Å². The fraction of sp³-hybridized carbons (Fsp3) is 0.840. The van der Waals surface area contributed by atoms with Gasteiger partial charge in [0.2, 0.25) is 0 Å². The van der Waals surface area contributed by atoms with Crippen LogP contribution in [0.5, 0.6) is 0 Å². The summed E-state index contributed by atoms with van der Waals surface area (Å²) in [6.45, 7) is 2.67. The van der Waals surface area contributed by atoms with Crippen molar-refractivity contribution in [3.05, 3.63) is 12.2 Å². The highest BCUT2D eigenvalue weighted by atomic mass is 16.5. The van der Waals surface area contributed by atoms with Gasteiger partial charge in [-0.2, -0.15) is 0 Å². The fourth-order valence-corrected chi connectivity index (χ4v) is 4.15. The lowest BCUT2D eigenvalue weighted by Gasteiger charge is -2.26. The molecule has 1 aliphatic rings. The number of allylic oxidation sites excluding steroid dienone is 2. The minimum absolute atomic E-state index is 0.294. The lowest BCUT2D eigenvalue weighted by atomic mass is 9.79. The second-order valence-electron chi connectivity index (χ2n) is 8.59. The van der Waals surface area contributed by atoms with E-state index in [1.807, 2.05) is 0 Å². The van der Waals surface area contributed by atoms with E-state index < -0.39 is 17.8 Å². The Balaban J connectivity index is 1.89. The molecular formula is C25H44O4. The van der Waals surface area contributed by atoms with E-state index in [4.69, 9.17) is 4.74 Å². The molecule has 2 atom stereocenters. The van der Waals surface area contributed by atoms with Crippen LogP contribution in [0.4, 0.5) is 0 Å². The van der Waals surface area contributed by atoms with Crippen molar-refractivity contribution >= 4 is 11.9 Å². The Hall–Kier alpha value is -1.32. The number of rotatable bonds is 17. The van der Waals surface area contributed by atoms with Crippen molar-refractivity contribution in [2.45, 2.75) is 116 Å². The molecule has 2 unspecified atom stereocenters. The summed E-state index contributed by atoms with van der Waals surface area (Å²) in [7, 11) is 0.